The Hall–Kier alpha value is -2.86. The zero-order valence-electron chi connectivity index (χ0n) is 15.1. The van der Waals surface area contributed by atoms with Gasteiger partial charge in [0, 0.05) is 6.54 Å². The molecule has 0 radical (unpaired) electrons. The smallest absolute Gasteiger partial charge is 0.338 e. The molecular weight excluding hydrogens is 368 g/mol. The van der Waals surface area contributed by atoms with Gasteiger partial charge in [0.15, 0.2) is 0 Å². The third-order valence-electron chi connectivity index (χ3n) is 4.07. The van der Waals surface area contributed by atoms with Crippen LogP contribution < -0.4 is 10.3 Å². The number of nitrogens with zero attached hydrogens (tertiary/aromatic N) is 2. The number of halogens is 1. The maximum absolute atomic E-state index is 12.3. The highest BCUT2D eigenvalue weighted by Gasteiger charge is 2.12. The first kappa shape index (κ1) is 18.9. The van der Waals surface area contributed by atoms with Crippen molar-refractivity contribution < 1.29 is 14.3 Å². The molecule has 2 aromatic carbocycles. The quantitative estimate of drug-likeness (QED) is 0.478. The number of hydrogen-bond donors (Lipinski definition) is 0. The van der Waals surface area contributed by atoms with Gasteiger partial charge in [0.2, 0.25) is 0 Å². The summed E-state index contributed by atoms with van der Waals surface area (Å²) in [4.78, 5) is 28.7. The lowest BCUT2D eigenvalue weighted by molar-refractivity contribution is 0.0450. The Morgan fingerprint density at radius 3 is 2.70 bits per heavy atom. The first-order chi connectivity index (χ1) is 13.0. The molecule has 3 aromatic rings. The largest absolute Gasteiger partial charge is 0.488 e. The number of aromatic nitrogens is 2. The van der Waals surface area contributed by atoms with Gasteiger partial charge in [-0.3, -0.25) is 4.79 Å². The van der Waals surface area contributed by atoms with E-state index >= 15 is 0 Å². The monoisotopic (exact) mass is 386 g/mol. The van der Waals surface area contributed by atoms with E-state index in [-0.39, 0.29) is 18.8 Å². The molecule has 0 spiro atoms. The Kier molecular flexibility index (Phi) is 5.76. The number of aryl methyl sites for hydroxylation is 2. The summed E-state index contributed by atoms with van der Waals surface area (Å²) in [6.45, 7) is 4.35. The molecule has 140 valence electrons. The van der Waals surface area contributed by atoms with Crippen LogP contribution in [-0.2, 0) is 11.3 Å². The molecular formula is C20H19ClN2O4. The lowest BCUT2D eigenvalue weighted by atomic mass is 10.2. The second-order valence-electron chi connectivity index (χ2n) is 5.86. The molecule has 0 unspecified atom stereocenters. The van der Waals surface area contributed by atoms with Crippen LogP contribution in [0.15, 0.2) is 47.3 Å². The van der Waals surface area contributed by atoms with E-state index in [1.165, 1.54) is 0 Å². The molecule has 3 rings (SSSR count). The Morgan fingerprint density at radius 1 is 1.19 bits per heavy atom. The Labute approximate surface area is 161 Å². The average molecular weight is 387 g/mol. The fourth-order valence-corrected chi connectivity index (χ4v) is 2.94. The lowest BCUT2D eigenvalue weighted by Crippen LogP contribution is -2.23. The van der Waals surface area contributed by atoms with Crippen molar-refractivity contribution in [3.8, 4) is 5.75 Å². The van der Waals surface area contributed by atoms with Crippen molar-refractivity contribution in [3.63, 3.8) is 0 Å². The predicted octanol–water partition coefficient (Wildman–Crippen LogP) is 3.61. The summed E-state index contributed by atoms with van der Waals surface area (Å²) >= 11 is 6.00. The first-order valence-electron chi connectivity index (χ1n) is 8.57. The highest BCUT2D eigenvalue weighted by atomic mass is 35.5. The Morgan fingerprint density at radius 2 is 1.96 bits per heavy atom. The minimum absolute atomic E-state index is 0.0863. The molecule has 0 atom stereocenters. The van der Waals surface area contributed by atoms with Gasteiger partial charge in [0.1, 0.15) is 24.7 Å². The van der Waals surface area contributed by atoms with Crippen molar-refractivity contribution in [2.45, 2.75) is 20.4 Å². The van der Waals surface area contributed by atoms with Gasteiger partial charge in [0.25, 0.3) is 5.56 Å². The topological polar surface area (TPSA) is 70.4 Å². The highest BCUT2D eigenvalue weighted by Crippen LogP contribution is 2.22. The molecule has 6 nitrogen and oxygen atoms in total. The van der Waals surface area contributed by atoms with Crippen molar-refractivity contribution in [1.82, 2.24) is 9.55 Å². The van der Waals surface area contributed by atoms with Crippen molar-refractivity contribution in [3.05, 3.63) is 69.1 Å². The number of para-hydroxylation sites is 1. The number of benzene rings is 2. The summed E-state index contributed by atoms with van der Waals surface area (Å²) in [5.74, 6) is 0.0616. The maximum atomic E-state index is 12.3. The number of carbonyl (C=O) groups is 1. The van der Waals surface area contributed by atoms with Crippen molar-refractivity contribution in [2.75, 3.05) is 13.2 Å². The van der Waals surface area contributed by atoms with E-state index in [2.05, 4.69) is 4.98 Å². The molecule has 0 saturated heterocycles. The number of rotatable bonds is 6. The fourth-order valence-electron chi connectivity index (χ4n) is 2.75. The molecule has 0 aliphatic rings. The SMILES string of the molecule is CCn1c(=O)c(C)nc2cc(C(=O)OCCOc3ccccc3Cl)ccc21. The molecule has 0 aliphatic heterocycles. The molecule has 0 N–H and O–H groups in total. The highest BCUT2D eigenvalue weighted by molar-refractivity contribution is 6.32. The second-order valence-corrected chi connectivity index (χ2v) is 6.27. The summed E-state index contributed by atoms with van der Waals surface area (Å²) in [5.41, 5.74) is 1.90. The summed E-state index contributed by atoms with van der Waals surface area (Å²) in [6, 6.07) is 12.1. The van der Waals surface area contributed by atoms with Crippen LogP contribution in [0.1, 0.15) is 23.0 Å². The number of ether oxygens (including phenoxy) is 2. The van der Waals surface area contributed by atoms with E-state index < -0.39 is 5.97 Å². The third kappa shape index (κ3) is 4.11. The minimum atomic E-state index is -0.478. The molecule has 0 saturated carbocycles. The van der Waals surface area contributed by atoms with Gasteiger partial charge in [-0.25, -0.2) is 9.78 Å². The van der Waals surface area contributed by atoms with E-state index in [0.29, 0.717) is 39.6 Å². The lowest BCUT2D eigenvalue weighted by Gasteiger charge is -2.11. The van der Waals surface area contributed by atoms with Crippen LogP contribution in [0.25, 0.3) is 11.0 Å². The Bertz CT molecular complexity index is 1050. The van der Waals surface area contributed by atoms with Crippen LogP contribution >= 0.6 is 11.6 Å². The molecule has 0 fully saturated rings. The van der Waals surface area contributed by atoms with Crippen molar-refractivity contribution in [1.29, 1.82) is 0 Å². The molecule has 0 amide bonds. The van der Waals surface area contributed by atoms with Crippen LogP contribution in [0.3, 0.4) is 0 Å². The van der Waals surface area contributed by atoms with Gasteiger partial charge in [-0.1, -0.05) is 23.7 Å². The van der Waals surface area contributed by atoms with Crippen LogP contribution in [-0.4, -0.2) is 28.7 Å². The maximum Gasteiger partial charge on any atom is 0.338 e. The molecule has 27 heavy (non-hydrogen) atoms. The first-order valence-corrected chi connectivity index (χ1v) is 8.94. The van der Waals surface area contributed by atoms with Gasteiger partial charge < -0.3 is 14.0 Å². The average Bonchev–Trinajstić information content (AvgIpc) is 2.67. The standard InChI is InChI=1S/C20H19ClN2O4/c1-3-23-17-9-8-14(12-16(17)22-13(2)19(23)24)20(25)27-11-10-26-18-7-5-4-6-15(18)21/h4-9,12H,3,10-11H2,1-2H3. The van der Waals surface area contributed by atoms with Crippen molar-refractivity contribution >= 4 is 28.6 Å². The molecule has 0 aliphatic carbocycles. The number of fused-ring (bicyclic) bond motifs is 1. The van der Waals surface area contributed by atoms with Gasteiger partial charge in [-0.05, 0) is 44.2 Å². The van der Waals surface area contributed by atoms with Crippen LogP contribution in [0.4, 0.5) is 0 Å². The fraction of sp³-hybridized carbons (Fsp3) is 0.250. The van der Waals surface area contributed by atoms with Crippen LogP contribution in [0.5, 0.6) is 5.75 Å². The van der Waals surface area contributed by atoms with Gasteiger partial charge >= 0.3 is 5.97 Å². The minimum Gasteiger partial charge on any atom is -0.488 e. The van der Waals surface area contributed by atoms with E-state index in [9.17, 15) is 9.59 Å². The molecule has 1 heterocycles. The molecule has 7 heteroatoms. The van der Waals surface area contributed by atoms with E-state index in [0.717, 1.165) is 0 Å². The molecule has 0 bridgehead atoms. The summed E-state index contributed by atoms with van der Waals surface area (Å²) in [6.07, 6.45) is 0. The number of carbonyl (C=O) groups excluding carboxylic acids is 1. The third-order valence-corrected chi connectivity index (χ3v) is 4.38. The van der Waals surface area contributed by atoms with E-state index in [4.69, 9.17) is 21.1 Å². The zero-order valence-corrected chi connectivity index (χ0v) is 15.8. The van der Waals surface area contributed by atoms with E-state index in [1.807, 2.05) is 19.1 Å². The molecule has 1 aromatic heterocycles. The van der Waals surface area contributed by atoms with Crippen molar-refractivity contribution in [2.24, 2.45) is 0 Å². The zero-order chi connectivity index (χ0) is 19.4. The summed E-state index contributed by atoms with van der Waals surface area (Å²) < 4.78 is 12.4. The number of esters is 1. The Balaban J connectivity index is 1.68. The number of hydrogen-bond acceptors (Lipinski definition) is 5. The summed E-state index contributed by atoms with van der Waals surface area (Å²) in [7, 11) is 0. The predicted molar refractivity (Wildman–Crippen MR) is 104 cm³/mol. The second kappa shape index (κ2) is 8.22. The normalized spacial score (nSPS) is 10.8. The van der Waals surface area contributed by atoms with Gasteiger partial charge in [0.05, 0.1) is 21.6 Å². The summed E-state index contributed by atoms with van der Waals surface area (Å²) in [5, 5.41) is 0.502. The van der Waals surface area contributed by atoms with Crippen LogP contribution in [0.2, 0.25) is 5.02 Å². The van der Waals surface area contributed by atoms with Gasteiger partial charge in [-0.2, -0.15) is 0 Å². The van der Waals surface area contributed by atoms with E-state index in [1.54, 1.807) is 41.8 Å². The van der Waals surface area contributed by atoms with Crippen LogP contribution in [0, 0.1) is 6.92 Å². The van der Waals surface area contributed by atoms with Gasteiger partial charge in [-0.15, -0.1) is 0 Å².